The summed E-state index contributed by atoms with van der Waals surface area (Å²) in [5, 5.41) is 10.9. The van der Waals surface area contributed by atoms with E-state index in [1.54, 1.807) is 0 Å². The van der Waals surface area contributed by atoms with Crippen molar-refractivity contribution in [3.05, 3.63) is 0 Å². The van der Waals surface area contributed by atoms with Crippen LogP contribution in [0.4, 0.5) is 17.8 Å². The van der Waals surface area contributed by atoms with Crippen molar-refractivity contribution in [1.29, 1.82) is 0 Å². The van der Waals surface area contributed by atoms with Gasteiger partial charge in [0.25, 0.3) is 0 Å². The van der Waals surface area contributed by atoms with Gasteiger partial charge in [-0.3, -0.25) is 9.46 Å². The molecule has 2 saturated carbocycles. The third-order valence-corrected chi connectivity index (χ3v) is 11.9. The Morgan fingerprint density at radius 2 is 1.60 bits per heavy atom. The molecule has 0 bridgehead atoms. The van der Waals surface area contributed by atoms with Crippen molar-refractivity contribution >= 4 is 25.4 Å². The fourth-order valence-electron chi connectivity index (χ4n) is 7.15. The van der Waals surface area contributed by atoms with Gasteiger partial charge >= 0.3 is 7.60 Å². The fourth-order valence-corrected chi connectivity index (χ4v) is 8.79. The first-order chi connectivity index (χ1) is 21.9. The molecule has 3 fully saturated rings. The summed E-state index contributed by atoms with van der Waals surface area (Å²) in [6.45, 7) is 14.3. The third-order valence-electron chi connectivity index (χ3n) is 9.73. The third kappa shape index (κ3) is 12.5. The lowest BCUT2D eigenvalue weighted by molar-refractivity contribution is 0.184. The maximum Gasteiger partial charge on any atom is 0.330 e. The largest absolute Gasteiger partial charge is 0.368 e. The van der Waals surface area contributed by atoms with E-state index >= 15 is 0 Å². The van der Waals surface area contributed by atoms with Crippen molar-refractivity contribution < 1.29 is 13.6 Å². The second kappa shape index (κ2) is 19.3. The van der Waals surface area contributed by atoms with Crippen molar-refractivity contribution in [3.63, 3.8) is 0 Å². The van der Waals surface area contributed by atoms with Gasteiger partial charge in [-0.05, 0) is 110 Å². The Kier molecular flexibility index (Phi) is 15.6. The van der Waals surface area contributed by atoms with E-state index in [1.165, 1.54) is 64.2 Å². The van der Waals surface area contributed by atoms with Crippen molar-refractivity contribution in [2.75, 3.05) is 87.7 Å². The van der Waals surface area contributed by atoms with Crippen LogP contribution < -0.4 is 26.6 Å². The van der Waals surface area contributed by atoms with E-state index in [0.717, 1.165) is 70.7 Å². The molecule has 0 unspecified atom stereocenters. The molecule has 1 aromatic heterocycles. The summed E-state index contributed by atoms with van der Waals surface area (Å²) in [6, 6.07) is 1.06. The highest BCUT2D eigenvalue weighted by molar-refractivity contribution is 7.53. The quantitative estimate of drug-likeness (QED) is 0.121. The summed E-state index contributed by atoms with van der Waals surface area (Å²) in [5.74, 6) is 2.88. The molecule has 5 N–H and O–H groups in total. The zero-order chi connectivity index (χ0) is 31.9. The van der Waals surface area contributed by atoms with Crippen LogP contribution in [0, 0.1) is 11.8 Å². The standard InChI is InChI=1S/C32H62N9O3P/c1-4-43-45(42,44-5-2)22-10-19-40-20-21-41(25-26(40)3)32-38-30(33)37-31(39-32)36-24-28-15-13-27(14-16-28)23-34-17-9-18-35-29-11-7-6-8-12-29/h26-29,34-35H,4-25H2,1-3H3,(H3,33,36,37,38,39)/t26-,27-,28-/m0/s1. The predicted molar refractivity (Wildman–Crippen MR) is 184 cm³/mol. The van der Waals surface area contributed by atoms with Gasteiger partial charge in [-0.25, -0.2) is 0 Å². The summed E-state index contributed by atoms with van der Waals surface area (Å²) >= 11 is 0. The summed E-state index contributed by atoms with van der Waals surface area (Å²) in [4.78, 5) is 18.2. The summed E-state index contributed by atoms with van der Waals surface area (Å²) in [6.07, 6.45) is 14.4. The minimum atomic E-state index is -3.00. The van der Waals surface area contributed by atoms with Crippen molar-refractivity contribution in [2.24, 2.45) is 11.8 Å². The molecule has 1 saturated heterocycles. The Morgan fingerprint density at radius 3 is 2.29 bits per heavy atom. The van der Waals surface area contributed by atoms with Gasteiger partial charge in [-0.2, -0.15) is 15.0 Å². The smallest absolute Gasteiger partial charge is 0.330 e. The van der Waals surface area contributed by atoms with Crippen LogP contribution >= 0.6 is 7.60 Å². The van der Waals surface area contributed by atoms with Crippen molar-refractivity contribution in [2.45, 2.75) is 103 Å². The van der Waals surface area contributed by atoms with Crippen LogP contribution in [0.2, 0.25) is 0 Å². The monoisotopic (exact) mass is 651 g/mol. The topological polar surface area (TPSA) is 143 Å². The number of nitrogen functional groups attached to an aromatic ring is 1. The van der Waals surface area contributed by atoms with Gasteiger partial charge in [0.2, 0.25) is 17.8 Å². The molecule has 0 amide bonds. The number of nitrogens with zero attached hydrogens (tertiary/aromatic N) is 5. The second-order valence-corrected chi connectivity index (χ2v) is 15.5. The zero-order valence-electron chi connectivity index (χ0n) is 28.4. The van der Waals surface area contributed by atoms with Crippen molar-refractivity contribution in [1.82, 2.24) is 30.5 Å². The van der Waals surface area contributed by atoms with Gasteiger partial charge in [0, 0.05) is 38.3 Å². The Labute approximate surface area is 272 Å². The number of nitrogens with two attached hydrogens (primary N) is 1. The molecular weight excluding hydrogens is 589 g/mol. The maximum atomic E-state index is 12.8. The lowest BCUT2D eigenvalue weighted by Crippen LogP contribution is -2.52. The minimum absolute atomic E-state index is 0.254. The van der Waals surface area contributed by atoms with E-state index < -0.39 is 7.60 Å². The first-order valence-corrected chi connectivity index (χ1v) is 19.7. The van der Waals surface area contributed by atoms with Gasteiger partial charge in [0.1, 0.15) is 0 Å². The number of hydrogen-bond acceptors (Lipinski definition) is 12. The Hall–Kier alpha value is -1.56. The first kappa shape index (κ1) is 36.3. The van der Waals surface area contributed by atoms with Crippen LogP contribution in [0.1, 0.15) is 91.4 Å². The maximum absolute atomic E-state index is 12.8. The molecule has 1 aromatic rings. The van der Waals surface area contributed by atoms with Gasteiger partial charge in [0.15, 0.2) is 0 Å². The molecular formula is C32H62N9O3P. The molecule has 12 nitrogen and oxygen atoms in total. The summed E-state index contributed by atoms with van der Waals surface area (Å²) < 4.78 is 23.7. The highest BCUT2D eigenvalue weighted by Crippen LogP contribution is 2.48. The van der Waals surface area contributed by atoms with E-state index in [2.05, 4.69) is 42.6 Å². The molecule has 2 heterocycles. The lowest BCUT2D eigenvalue weighted by Gasteiger charge is -2.40. The Balaban J connectivity index is 1.11. The van der Waals surface area contributed by atoms with E-state index in [1.807, 2.05) is 13.8 Å². The number of hydrogen-bond donors (Lipinski definition) is 4. The first-order valence-electron chi connectivity index (χ1n) is 17.9. The van der Waals surface area contributed by atoms with Gasteiger partial charge in [-0.15, -0.1) is 0 Å². The lowest BCUT2D eigenvalue weighted by atomic mass is 9.82. The highest BCUT2D eigenvalue weighted by Gasteiger charge is 2.28. The Morgan fingerprint density at radius 1 is 0.889 bits per heavy atom. The average molecular weight is 652 g/mol. The Bertz CT molecular complexity index is 1010. The van der Waals surface area contributed by atoms with Crippen LogP contribution in [0.3, 0.4) is 0 Å². The number of nitrogens with one attached hydrogen (secondary N) is 3. The molecule has 0 spiro atoms. The van der Waals surface area contributed by atoms with Crippen LogP contribution in [-0.4, -0.2) is 104 Å². The molecule has 1 atom stereocenters. The van der Waals surface area contributed by atoms with Crippen LogP contribution in [-0.2, 0) is 13.6 Å². The predicted octanol–water partition coefficient (Wildman–Crippen LogP) is 4.74. The van der Waals surface area contributed by atoms with Crippen molar-refractivity contribution in [3.8, 4) is 0 Å². The average Bonchev–Trinajstić information content (AvgIpc) is 3.03. The molecule has 1 aliphatic heterocycles. The fraction of sp³-hybridized carbons (Fsp3) is 0.906. The van der Waals surface area contributed by atoms with Gasteiger partial charge < -0.3 is 35.6 Å². The molecule has 258 valence electrons. The summed E-state index contributed by atoms with van der Waals surface area (Å²) in [5.41, 5.74) is 6.12. The molecule has 0 aromatic carbocycles. The SMILES string of the molecule is CCOP(=O)(CCCN1CCN(c2nc(N)nc(NC[C@H]3CC[C@H](CNCCCNC4CCCCC4)CC3)n2)C[C@@H]1C)OCC. The van der Waals surface area contributed by atoms with Gasteiger partial charge in [0.05, 0.1) is 19.4 Å². The molecule has 3 aliphatic rings. The summed E-state index contributed by atoms with van der Waals surface area (Å²) in [7, 11) is -3.00. The molecule has 0 radical (unpaired) electrons. The highest BCUT2D eigenvalue weighted by atomic mass is 31.2. The number of aromatic nitrogens is 3. The van der Waals surface area contributed by atoms with E-state index in [4.69, 9.17) is 19.8 Å². The van der Waals surface area contributed by atoms with Crippen LogP contribution in [0.25, 0.3) is 0 Å². The van der Waals surface area contributed by atoms with E-state index in [-0.39, 0.29) is 5.95 Å². The molecule has 4 rings (SSSR count). The number of rotatable bonds is 19. The van der Waals surface area contributed by atoms with Gasteiger partial charge in [-0.1, -0.05) is 19.3 Å². The normalized spacial score (nSPS) is 23.8. The number of piperazine rings is 1. The van der Waals surface area contributed by atoms with Crippen LogP contribution in [0.15, 0.2) is 0 Å². The van der Waals surface area contributed by atoms with E-state index in [9.17, 15) is 4.57 Å². The molecule has 45 heavy (non-hydrogen) atoms. The molecule has 13 heteroatoms. The number of anilines is 3. The molecule has 2 aliphatic carbocycles. The zero-order valence-corrected chi connectivity index (χ0v) is 29.2. The van der Waals surface area contributed by atoms with E-state index in [0.29, 0.717) is 43.2 Å². The minimum Gasteiger partial charge on any atom is -0.368 e. The second-order valence-electron chi connectivity index (χ2n) is 13.3. The van der Waals surface area contributed by atoms with Crippen LogP contribution in [0.5, 0.6) is 0 Å².